The molecule has 2 atom stereocenters. The Morgan fingerprint density at radius 3 is 2.51 bits per heavy atom. The van der Waals surface area contributed by atoms with Crippen molar-refractivity contribution in [3.8, 4) is 0 Å². The van der Waals surface area contributed by atoms with E-state index in [0.717, 1.165) is 4.90 Å². The summed E-state index contributed by atoms with van der Waals surface area (Å²) in [6.45, 7) is 0. The number of halogens is 3. The van der Waals surface area contributed by atoms with Gasteiger partial charge in [0.1, 0.15) is 11.1 Å². The number of aromatic nitrogens is 5. The molecule has 2 aromatic heterocycles. The summed E-state index contributed by atoms with van der Waals surface area (Å²) in [7, 11) is 2.97. The van der Waals surface area contributed by atoms with Gasteiger partial charge in [0.2, 0.25) is 11.1 Å². The minimum atomic E-state index is -5.08. The van der Waals surface area contributed by atoms with Crippen LogP contribution < -0.4 is 11.1 Å². The van der Waals surface area contributed by atoms with Crippen LogP contribution in [-0.4, -0.2) is 99.9 Å². The summed E-state index contributed by atoms with van der Waals surface area (Å²) in [5, 5.41) is 32.5. The Labute approximate surface area is 228 Å². The number of aliphatic carboxylic acids is 2. The average Bonchev–Trinajstić information content (AvgIpc) is 3.46. The first kappa shape index (κ1) is 30.1. The lowest BCUT2D eigenvalue weighted by Crippen LogP contribution is -2.80. The van der Waals surface area contributed by atoms with Crippen LogP contribution >= 0.6 is 34.9 Å². The lowest BCUT2D eigenvalue weighted by molar-refractivity contribution is -0.192. The van der Waals surface area contributed by atoms with E-state index >= 15 is 0 Å². The first-order valence-electron chi connectivity index (χ1n) is 10.3. The Balaban J connectivity index is 0.000000532. The van der Waals surface area contributed by atoms with Gasteiger partial charge >= 0.3 is 18.1 Å². The van der Waals surface area contributed by atoms with Gasteiger partial charge in [-0.1, -0.05) is 11.8 Å². The van der Waals surface area contributed by atoms with Gasteiger partial charge in [-0.15, -0.1) is 28.2 Å². The van der Waals surface area contributed by atoms with Crippen LogP contribution in [0.5, 0.6) is 0 Å². The van der Waals surface area contributed by atoms with Crippen molar-refractivity contribution in [2.24, 2.45) is 7.05 Å². The molecule has 4 rings (SSSR count). The van der Waals surface area contributed by atoms with Crippen molar-refractivity contribution in [3.05, 3.63) is 22.3 Å². The third kappa shape index (κ3) is 6.42. The van der Waals surface area contributed by atoms with Crippen molar-refractivity contribution in [3.63, 3.8) is 0 Å². The molecule has 4 heterocycles. The quantitative estimate of drug-likeness (QED) is 0.174. The Bertz CT molecular complexity index is 1320. The summed E-state index contributed by atoms with van der Waals surface area (Å²) in [4.78, 5) is 51.8. The number of nitrogens with zero attached hydrogens (tertiary/aromatic N) is 6. The second-order valence-electron chi connectivity index (χ2n) is 7.61. The number of nitrogens with one attached hydrogen (secondary N) is 1. The van der Waals surface area contributed by atoms with Gasteiger partial charge in [-0.25, -0.2) is 19.3 Å². The number of rotatable bonds is 8. The highest BCUT2D eigenvalue weighted by Gasteiger charge is 2.66. The molecule has 1 fully saturated rings. The number of nitrogens with two attached hydrogens (primary N) is 1. The van der Waals surface area contributed by atoms with Gasteiger partial charge in [0.05, 0.1) is 12.1 Å². The number of alkyl halides is 3. The number of carboxylic acids is 2. The van der Waals surface area contributed by atoms with Crippen molar-refractivity contribution < 1.29 is 47.3 Å². The van der Waals surface area contributed by atoms with Gasteiger partial charge in [-0.05, 0) is 16.0 Å². The molecule has 15 nitrogen and oxygen atoms in total. The summed E-state index contributed by atoms with van der Waals surface area (Å²) < 4.78 is 38.6. The van der Waals surface area contributed by atoms with Crippen molar-refractivity contribution >= 4 is 63.7 Å². The molecular weight excluding hydrogens is 593 g/mol. The number of ether oxygens (including phenoxy) is 1. The third-order valence-electron chi connectivity index (χ3n) is 5.07. The fourth-order valence-electron chi connectivity index (χ4n) is 3.37. The SMILES string of the molecule is CO[C@@]1(NC(=O)Cc2csc(N)n2)C(=O)N2C(C(=O)O)=C(CSc3nnnn3C)CS[C@@H]21.O=C(O)C(F)(F)F. The molecule has 39 heavy (non-hydrogen) atoms. The maximum absolute atomic E-state index is 13.1. The number of carbonyl (C=O) groups excluding carboxylic acids is 2. The number of carboxylic acid groups (broad SMARTS) is 2. The number of hydrogen-bond acceptors (Lipinski definition) is 13. The molecule has 1 saturated heterocycles. The number of amides is 2. The van der Waals surface area contributed by atoms with E-state index in [0.29, 0.717) is 27.3 Å². The molecule has 0 aliphatic carbocycles. The number of thioether (sulfide) groups is 2. The highest BCUT2D eigenvalue weighted by molar-refractivity contribution is 8.01. The van der Waals surface area contributed by atoms with E-state index in [1.807, 2.05) is 0 Å². The number of fused-ring (bicyclic) bond motifs is 1. The Hall–Kier alpha value is -3.43. The second kappa shape index (κ2) is 11.8. The average molecular weight is 613 g/mol. The number of carbonyl (C=O) groups is 4. The van der Waals surface area contributed by atoms with Gasteiger partial charge in [0.15, 0.2) is 5.13 Å². The summed E-state index contributed by atoms with van der Waals surface area (Å²) in [6, 6.07) is 0. The van der Waals surface area contributed by atoms with Gasteiger partial charge in [-0.3, -0.25) is 14.5 Å². The number of β-lactam (4-membered cyclic amide) rings is 1. The predicted molar refractivity (Wildman–Crippen MR) is 129 cm³/mol. The lowest BCUT2D eigenvalue weighted by atomic mass is 9.98. The Morgan fingerprint density at radius 1 is 1.36 bits per heavy atom. The number of hydrogen-bond donors (Lipinski definition) is 4. The maximum Gasteiger partial charge on any atom is 0.490 e. The highest BCUT2D eigenvalue weighted by atomic mass is 32.2. The minimum absolute atomic E-state index is 0.0846. The van der Waals surface area contributed by atoms with Gasteiger partial charge in [0, 0.05) is 31.0 Å². The van der Waals surface area contributed by atoms with E-state index in [1.165, 1.54) is 46.7 Å². The van der Waals surface area contributed by atoms with E-state index in [1.54, 1.807) is 12.4 Å². The number of aryl methyl sites for hydroxylation is 1. The zero-order valence-electron chi connectivity index (χ0n) is 19.8. The fraction of sp³-hybridized carbons (Fsp3) is 0.444. The van der Waals surface area contributed by atoms with Crippen molar-refractivity contribution in [1.82, 2.24) is 35.4 Å². The van der Waals surface area contributed by atoms with Gasteiger partial charge in [-0.2, -0.15) is 13.2 Å². The number of anilines is 1. The van der Waals surface area contributed by atoms with Crippen LogP contribution in [0.4, 0.5) is 18.3 Å². The fourth-order valence-corrected chi connectivity index (χ4v) is 6.36. The van der Waals surface area contributed by atoms with Crippen LogP contribution in [0, 0.1) is 0 Å². The molecule has 2 amide bonds. The molecule has 0 unspecified atom stereocenters. The van der Waals surface area contributed by atoms with E-state index in [9.17, 15) is 32.7 Å². The van der Waals surface area contributed by atoms with Crippen LogP contribution in [-0.2, 0) is 37.4 Å². The highest BCUT2D eigenvalue weighted by Crippen LogP contribution is 2.47. The number of methoxy groups -OCH3 is 1. The minimum Gasteiger partial charge on any atom is -0.477 e. The number of nitrogen functional groups attached to an aromatic ring is 1. The maximum atomic E-state index is 13.1. The molecule has 2 aliphatic heterocycles. The smallest absolute Gasteiger partial charge is 0.477 e. The number of thiazole rings is 1. The van der Waals surface area contributed by atoms with Crippen molar-refractivity contribution in [1.29, 1.82) is 0 Å². The van der Waals surface area contributed by atoms with E-state index < -0.39 is 41.0 Å². The molecular formula is C18H19F3N8O7S3. The molecule has 2 aliphatic rings. The molecule has 212 valence electrons. The van der Waals surface area contributed by atoms with Crippen LogP contribution in [0.1, 0.15) is 5.69 Å². The van der Waals surface area contributed by atoms with Crippen LogP contribution in [0.2, 0.25) is 0 Å². The summed E-state index contributed by atoms with van der Waals surface area (Å²) in [5.74, 6) is -4.50. The van der Waals surface area contributed by atoms with Gasteiger partial charge in [0.25, 0.3) is 11.6 Å². The second-order valence-corrected chi connectivity index (χ2v) is 10.5. The summed E-state index contributed by atoms with van der Waals surface area (Å²) in [6.07, 6.45) is -5.17. The molecule has 0 radical (unpaired) electrons. The lowest BCUT2D eigenvalue weighted by Gasteiger charge is -2.55. The van der Waals surface area contributed by atoms with Crippen molar-refractivity contribution in [2.75, 3.05) is 24.3 Å². The van der Waals surface area contributed by atoms with E-state index in [2.05, 4.69) is 25.8 Å². The Kier molecular flexibility index (Phi) is 9.08. The van der Waals surface area contributed by atoms with Crippen LogP contribution in [0.3, 0.4) is 0 Å². The van der Waals surface area contributed by atoms with Gasteiger partial charge < -0.3 is 26.0 Å². The predicted octanol–water partition coefficient (Wildman–Crippen LogP) is -0.0704. The molecule has 21 heteroatoms. The summed E-state index contributed by atoms with van der Waals surface area (Å²) >= 11 is 3.78. The topological polar surface area (TPSA) is 216 Å². The third-order valence-corrected chi connectivity index (χ3v) is 8.26. The van der Waals surface area contributed by atoms with Crippen molar-refractivity contribution in [2.45, 2.75) is 28.9 Å². The zero-order chi connectivity index (χ0) is 29.1. The van der Waals surface area contributed by atoms with E-state index in [4.69, 9.17) is 20.4 Å². The Morgan fingerprint density at radius 2 is 2.03 bits per heavy atom. The van der Waals surface area contributed by atoms with Crippen LogP contribution in [0.15, 0.2) is 21.8 Å². The molecule has 0 spiro atoms. The first-order chi connectivity index (χ1) is 18.2. The molecule has 0 saturated carbocycles. The largest absolute Gasteiger partial charge is 0.490 e. The molecule has 0 bridgehead atoms. The van der Waals surface area contributed by atoms with Crippen LogP contribution in [0.25, 0.3) is 0 Å². The molecule has 0 aromatic carbocycles. The monoisotopic (exact) mass is 612 g/mol. The summed E-state index contributed by atoms with van der Waals surface area (Å²) in [5.41, 5.74) is 4.84. The zero-order valence-corrected chi connectivity index (χ0v) is 22.3. The normalized spacial score (nSPS) is 20.5. The first-order valence-corrected chi connectivity index (χ1v) is 13.2. The number of tetrazole rings is 1. The standard InChI is InChI=1S/C16H18N8O5S3.C2HF3O2/c1-23-15(20-21-22-23)32-5-7-4-30-13-16(29-2,12(28)24(13)10(7)11(26)27)19-9(25)3-8-6-31-14(17)18-8;3-2(4,5)1(6)7/h6,13H,3-5H2,1-2H3,(H2,17,18)(H,19,25)(H,26,27);(H,6,7)/t13-,16+;/m1./s1. The molecule has 2 aromatic rings. The molecule has 5 N–H and O–H groups in total. The van der Waals surface area contributed by atoms with E-state index in [-0.39, 0.29) is 17.9 Å².